The predicted molar refractivity (Wildman–Crippen MR) is 50.3 cm³/mol. The van der Waals surface area contributed by atoms with Gasteiger partial charge in [0, 0.05) is 25.4 Å². The molecule has 0 N–H and O–H groups in total. The van der Waals surface area contributed by atoms with Gasteiger partial charge in [0.25, 0.3) is 0 Å². The fourth-order valence-corrected chi connectivity index (χ4v) is 1.46. The van der Waals surface area contributed by atoms with Gasteiger partial charge < -0.3 is 0 Å². The molecule has 0 bridgehead atoms. The van der Waals surface area contributed by atoms with Crippen molar-refractivity contribution in [1.82, 2.24) is 19.5 Å². The largest absolute Gasteiger partial charge is 0.299 e. The highest BCUT2D eigenvalue weighted by molar-refractivity contribution is 5.34. The van der Waals surface area contributed by atoms with Crippen LogP contribution in [0.1, 0.15) is 13.8 Å². The molecule has 0 radical (unpaired) electrons. The van der Waals surface area contributed by atoms with Gasteiger partial charge in [-0.3, -0.25) is 5.01 Å². The molecule has 0 aromatic carbocycles. The lowest BCUT2D eigenvalue weighted by Crippen LogP contribution is -2.35. The SMILES string of the molecule is CCN(CC)n1ccc2nncn21. The molecule has 0 aliphatic carbocycles. The third-order valence-electron chi connectivity index (χ3n) is 2.15. The smallest absolute Gasteiger partial charge is 0.179 e. The highest BCUT2D eigenvalue weighted by atomic mass is 15.7. The number of rotatable bonds is 3. The van der Waals surface area contributed by atoms with Crippen molar-refractivity contribution >= 4 is 5.65 Å². The first-order chi connectivity index (χ1) is 6.36. The van der Waals surface area contributed by atoms with Crippen molar-refractivity contribution in [1.29, 1.82) is 0 Å². The lowest BCUT2D eigenvalue weighted by Gasteiger charge is -2.22. The van der Waals surface area contributed by atoms with Crippen molar-refractivity contribution < 1.29 is 0 Å². The summed E-state index contributed by atoms with van der Waals surface area (Å²) in [7, 11) is 0. The van der Waals surface area contributed by atoms with E-state index in [0.29, 0.717) is 0 Å². The summed E-state index contributed by atoms with van der Waals surface area (Å²) in [5, 5.41) is 9.99. The van der Waals surface area contributed by atoms with Crippen LogP contribution in [0, 0.1) is 0 Å². The molecule has 0 aliphatic heterocycles. The lowest BCUT2D eigenvalue weighted by atomic mass is 10.6. The number of hydrogen-bond donors (Lipinski definition) is 0. The summed E-state index contributed by atoms with van der Waals surface area (Å²) < 4.78 is 1.92. The lowest BCUT2D eigenvalue weighted by molar-refractivity contribution is 0.529. The van der Waals surface area contributed by atoms with Crippen LogP contribution in [0.15, 0.2) is 18.6 Å². The molecule has 0 aliphatic rings. The van der Waals surface area contributed by atoms with Crippen molar-refractivity contribution in [2.75, 3.05) is 18.1 Å². The minimum absolute atomic E-state index is 0.881. The molecule has 2 rings (SSSR count). The van der Waals surface area contributed by atoms with Gasteiger partial charge in [-0.05, 0) is 13.8 Å². The summed E-state index contributed by atoms with van der Waals surface area (Å²) in [4.78, 5) is 2.02. The molecule has 0 spiro atoms. The van der Waals surface area contributed by atoms with E-state index in [-0.39, 0.29) is 0 Å². The van der Waals surface area contributed by atoms with Crippen molar-refractivity contribution in [3.8, 4) is 0 Å². The Morgan fingerprint density at radius 2 is 2.15 bits per heavy atom. The zero-order valence-corrected chi connectivity index (χ0v) is 7.88. The minimum Gasteiger partial charge on any atom is -0.299 e. The Morgan fingerprint density at radius 3 is 2.85 bits per heavy atom. The molecule has 13 heavy (non-hydrogen) atoms. The Labute approximate surface area is 76.5 Å². The second-order valence-corrected chi connectivity index (χ2v) is 2.81. The van der Waals surface area contributed by atoms with E-state index in [0.717, 1.165) is 18.7 Å². The van der Waals surface area contributed by atoms with E-state index in [9.17, 15) is 0 Å². The van der Waals surface area contributed by atoms with Crippen LogP contribution in [0.3, 0.4) is 0 Å². The first kappa shape index (κ1) is 8.10. The standard InChI is InChI=1S/C8H13N5/c1-3-11(4-2)13-6-5-8-10-9-7-12(8)13/h5-7H,3-4H2,1-2H3. The fraction of sp³-hybridized carbons (Fsp3) is 0.500. The van der Waals surface area contributed by atoms with E-state index < -0.39 is 0 Å². The molecular formula is C8H13N5. The molecular weight excluding hydrogens is 166 g/mol. The molecule has 0 fully saturated rings. The van der Waals surface area contributed by atoms with Gasteiger partial charge in [0.05, 0.1) is 0 Å². The average Bonchev–Trinajstić information content (AvgIpc) is 2.70. The van der Waals surface area contributed by atoms with Crippen LogP contribution in [0.5, 0.6) is 0 Å². The van der Waals surface area contributed by atoms with Gasteiger partial charge in [-0.25, -0.2) is 4.52 Å². The summed E-state index contributed by atoms with van der Waals surface area (Å²) >= 11 is 0. The van der Waals surface area contributed by atoms with E-state index in [1.165, 1.54) is 0 Å². The van der Waals surface area contributed by atoms with Crippen molar-refractivity contribution in [2.24, 2.45) is 0 Å². The van der Waals surface area contributed by atoms with Crippen LogP contribution < -0.4 is 5.01 Å². The van der Waals surface area contributed by atoms with Gasteiger partial charge >= 0.3 is 0 Å². The topological polar surface area (TPSA) is 38.4 Å². The Morgan fingerprint density at radius 1 is 1.38 bits per heavy atom. The maximum atomic E-state index is 3.96. The van der Waals surface area contributed by atoms with Crippen LogP contribution >= 0.6 is 0 Å². The third kappa shape index (κ3) is 1.16. The summed E-state index contributed by atoms with van der Waals surface area (Å²) in [6.07, 6.45) is 3.71. The van der Waals surface area contributed by atoms with E-state index in [1.807, 2.05) is 21.6 Å². The first-order valence-electron chi connectivity index (χ1n) is 4.49. The molecule has 0 unspecified atom stereocenters. The zero-order valence-electron chi connectivity index (χ0n) is 7.88. The van der Waals surface area contributed by atoms with E-state index in [1.54, 1.807) is 6.33 Å². The van der Waals surface area contributed by atoms with Gasteiger partial charge in [0.1, 0.15) is 6.33 Å². The van der Waals surface area contributed by atoms with Gasteiger partial charge in [0.15, 0.2) is 5.65 Å². The second kappa shape index (κ2) is 3.08. The van der Waals surface area contributed by atoms with Crippen molar-refractivity contribution in [3.05, 3.63) is 18.6 Å². The molecule has 0 saturated heterocycles. The highest BCUT2D eigenvalue weighted by Gasteiger charge is 2.04. The monoisotopic (exact) mass is 179 g/mol. The van der Waals surface area contributed by atoms with E-state index >= 15 is 0 Å². The van der Waals surface area contributed by atoms with Crippen LogP contribution in [-0.4, -0.2) is 32.6 Å². The van der Waals surface area contributed by atoms with Gasteiger partial charge in [-0.2, -0.15) is 4.79 Å². The molecule has 2 aromatic heterocycles. The summed E-state index contributed by atoms with van der Waals surface area (Å²) in [5.41, 5.74) is 0.881. The summed E-state index contributed by atoms with van der Waals surface area (Å²) in [6.45, 7) is 6.19. The van der Waals surface area contributed by atoms with Crippen LogP contribution in [0.2, 0.25) is 0 Å². The Kier molecular flexibility index (Phi) is 1.92. The van der Waals surface area contributed by atoms with Gasteiger partial charge in [0.2, 0.25) is 0 Å². The minimum atomic E-state index is 0.881. The number of aromatic nitrogens is 4. The number of fused-ring (bicyclic) bond motifs is 1. The van der Waals surface area contributed by atoms with Crippen molar-refractivity contribution in [3.63, 3.8) is 0 Å². The molecule has 2 aromatic rings. The summed E-state index contributed by atoms with van der Waals surface area (Å²) in [5.74, 6) is 0. The summed E-state index contributed by atoms with van der Waals surface area (Å²) in [6, 6.07) is 1.95. The number of hydrogen-bond acceptors (Lipinski definition) is 3. The molecule has 0 saturated carbocycles. The molecule has 5 nitrogen and oxygen atoms in total. The molecule has 70 valence electrons. The predicted octanol–water partition coefficient (Wildman–Crippen LogP) is 0.509. The first-order valence-corrected chi connectivity index (χ1v) is 4.49. The Balaban J connectivity index is 2.47. The highest BCUT2D eigenvalue weighted by Crippen LogP contribution is 2.00. The quantitative estimate of drug-likeness (QED) is 0.689. The molecule has 0 amide bonds. The fourth-order valence-electron chi connectivity index (χ4n) is 1.46. The van der Waals surface area contributed by atoms with Crippen LogP contribution in [-0.2, 0) is 0 Å². The zero-order chi connectivity index (χ0) is 9.26. The van der Waals surface area contributed by atoms with Crippen LogP contribution in [0.4, 0.5) is 0 Å². The normalized spacial score (nSPS) is 10.9. The van der Waals surface area contributed by atoms with Gasteiger partial charge in [-0.1, -0.05) is 0 Å². The van der Waals surface area contributed by atoms with E-state index in [4.69, 9.17) is 0 Å². The Bertz CT molecular complexity index is 384. The van der Waals surface area contributed by atoms with Gasteiger partial charge in [-0.15, -0.1) is 10.2 Å². The maximum absolute atomic E-state index is 3.96. The van der Waals surface area contributed by atoms with Crippen molar-refractivity contribution in [2.45, 2.75) is 13.8 Å². The third-order valence-corrected chi connectivity index (χ3v) is 2.15. The molecule has 2 heterocycles. The second-order valence-electron chi connectivity index (χ2n) is 2.81. The van der Waals surface area contributed by atoms with E-state index in [2.05, 4.69) is 29.1 Å². The molecule has 5 heteroatoms. The maximum Gasteiger partial charge on any atom is 0.179 e. The average molecular weight is 179 g/mol. The van der Waals surface area contributed by atoms with Crippen LogP contribution in [0.25, 0.3) is 5.65 Å². The molecule has 0 atom stereocenters. The Hall–Kier alpha value is -1.52. The number of nitrogens with zero attached hydrogens (tertiary/aromatic N) is 5.